The van der Waals surface area contributed by atoms with Crippen molar-refractivity contribution in [2.45, 2.75) is 75.7 Å². The zero-order valence-electron chi connectivity index (χ0n) is 35.5. The molecule has 0 saturated heterocycles. The number of aromatic hydroxyl groups is 2. The van der Waals surface area contributed by atoms with Crippen LogP contribution in [0, 0.1) is 23.7 Å². The molecule has 1 fully saturated rings. The maximum atomic E-state index is 12.5. The molecule has 4 bridgehead atoms. The van der Waals surface area contributed by atoms with E-state index in [0.717, 1.165) is 93.7 Å². The molecular weight excluding hydrogens is 779 g/mol. The van der Waals surface area contributed by atoms with E-state index in [4.69, 9.17) is 29.7 Å². The molecule has 10 nitrogen and oxygen atoms in total. The number of benzene rings is 4. The van der Waals surface area contributed by atoms with Crippen LogP contribution >= 0.6 is 0 Å². The zero-order chi connectivity index (χ0) is 42.9. The lowest BCUT2D eigenvalue weighted by atomic mass is 9.63. The van der Waals surface area contributed by atoms with E-state index in [2.05, 4.69) is 72.6 Å². The molecule has 1 saturated carbocycles. The number of pyridine rings is 1. The number of nitrogens with two attached hydrogens (primary N) is 1. The fourth-order valence-electron chi connectivity index (χ4n) is 11.6. The van der Waals surface area contributed by atoms with Crippen molar-refractivity contribution in [3.8, 4) is 51.7 Å². The molecule has 3 heterocycles. The molecule has 4 aromatic carbocycles. The van der Waals surface area contributed by atoms with Gasteiger partial charge in [-0.1, -0.05) is 48.4 Å². The molecule has 5 N–H and O–H groups in total. The maximum Gasteiger partial charge on any atom is 0.302 e. The Labute approximate surface area is 362 Å². The lowest BCUT2D eigenvalue weighted by Crippen LogP contribution is -2.32. The smallest absolute Gasteiger partial charge is 0.302 e. The molecule has 5 aliphatic rings. The van der Waals surface area contributed by atoms with E-state index in [1.54, 1.807) is 19.2 Å². The molecule has 62 heavy (non-hydrogen) atoms. The number of carbonyl (C=O) groups excluding carboxylic acids is 1. The van der Waals surface area contributed by atoms with E-state index in [1.165, 1.54) is 19.6 Å². The Morgan fingerprint density at radius 3 is 2.68 bits per heavy atom. The normalized spacial score (nSPS) is 23.3. The Hall–Kier alpha value is -6.60. The number of fused-ring (bicyclic) bond motifs is 7. The molecule has 6 atom stereocenters. The topological polar surface area (TPSA) is 145 Å². The molecule has 0 amide bonds. The Balaban J connectivity index is 1.23. The highest BCUT2D eigenvalue weighted by atomic mass is 16.5. The van der Waals surface area contributed by atoms with Crippen LogP contribution in [0.15, 0.2) is 72.8 Å². The van der Waals surface area contributed by atoms with Crippen molar-refractivity contribution >= 4 is 23.6 Å². The van der Waals surface area contributed by atoms with Crippen molar-refractivity contribution in [3.05, 3.63) is 123 Å². The van der Waals surface area contributed by atoms with Crippen molar-refractivity contribution < 1.29 is 34.0 Å². The first-order chi connectivity index (χ1) is 30.1. The van der Waals surface area contributed by atoms with Crippen molar-refractivity contribution in [1.82, 2.24) is 4.98 Å². The number of esters is 1. The van der Waals surface area contributed by atoms with Crippen molar-refractivity contribution in [2.75, 3.05) is 38.4 Å². The Bertz CT molecular complexity index is 2750. The van der Waals surface area contributed by atoms with Gasteiger partial charge in [0.25, 0.3) is 0 Å². The summed E-state index contributed by atoms with van der Waals surface area (Å²) in [6.45, 7) is 4.46. The largest absolute Gasteiger partial charge is 0.508 e. The first kappa shape index (κ1) is 39.5. The standard InChI is InChI=1S/C52H51N3O7/c1-5-54-40-11-7-6-9-30(40)19-31-13-14-32-22-45(53)55-41-12-8-10-29-21-42(58)43(59-3)24-38(29)50-39(27-61-28(2)56)36-15-16-37-47-34(20-35(57)23-44(47)60-4)26-52(49(37)51(36)62-50)18-17-33(25-52)46(31)48(32)41/h6-7,9,11,13-16,20-24,31,33,39,46,50,54,57-58H,5,10,17-19,25-27H2,1-4H3,(H2,53,55)/t31-,33+,39-,46-,50+,52-/m0/s1. The minimum atomic E-state index is -0.600. The van der Waals surface area contributed by atoms with E-state index in [9.17, 15) is 15.0 Å². The van der Waals surface area contributed by atoms with Gasteiger partial charge in [0, 0.05) is 59.3 Å². The SMILES string of the molecule is CCNc1ccccc1C[C@@H]1C=Cc2cc(N)nc3c2[C@@H]1[C@@H]1CC[C@@]2(Cc4cc(O)cc(OC)c4-c4ccc5c(c42)O[C@H](c2cc(OC)c(O)cc2CC#C3)[C@H]5COC(C)=O)C1. The maximum absolute atomic E-state index is 12.5. The number of hydrogen-bond acceptors (Lipinski definition) is 10. The van der Waals surface area contributed by atoms with Gasteiger partial charge in [-0.15, -0.1) is 0 Å². The van der Waals surface area contributed by atoms with E-state index in [1.807, 2.05) is 18.2 Å². The quantitative estimate of drug-likeness (QED) is 0.0883. The summed E-state index contributed by atoms with van der Waals surface area (Å²) in [5.41, 5.74) is 18.0. The highest BCUT2D eigenvalue weighted by Crippen LogP contribution is 2.64. The minimum Gasteiger partial charge on any atom is -0.508 e. The molecule has 1 aromatic heterocycles. The second-order valence-corrected chi connectivity index (χ2v) is 17.5. The number of phenols is 2. The van der Waals surface area contributed by atoms with Crippen LogP contribution in [0.25, 0.3) is 17.2 Å². The van der Waals surface area contributed by atoms with Crippen LogP contribution in [0.5, 0.6) is 28.7 Å². The molecule has 5 aromatic rings. The lowest BCUT2D eigenvalue weighted by molar-refractivity contribution is -0.141. The Kier molecular flexibility index (Phi) is 9.81. The molecule has 10 rings (SSSR count). The predicted octanol–water partition coefficient (Wildman–Crippen LogP) is 9.14. The van der Waals surface area contributed by atoms with Crippen LogP contribution < -0.4 is 25.3 Å². The number of anilines is 2. The first-order valence-corrected chi connectivity index (χ1v) is 21.7. The summed E-state index contributed by atoms with van der Waals surface area (Å²) < 4.78 is 24.9. The number of ether oxygens (including phenoxy) is 4. The third-order valence-corrected chi connectivity index (χ3v) is 14.0. The number of aromatic nitrogens is 1. The lowest BCUT2D eigenvalue weighted by Gasteiger charge is -2.41. The van der Waals surface area contributed by atoms with Gasteiger partial charge in [0.1, 0.15) is 41.5 Å². The average Bonchev–Trinajstić information content (AvgIpc) is 3.84. The first-order valence-electron chi connectivity index (χ1n) is 21.7. The van der Waals surface area contributed by atoms with Crippen molar-refractivity contribution in [1.29, 1.82) is 0 Å². The third kappa shape index (κ3) is 6.48. The van der Waals surface area contributed by atoms with Gasteiger partial charge in [-0.25, -0.2) is 4.98 Å². The van der Waals surface area contributed by atoms with E-state index in [0.29, 0.717) is 29.4 Å². The summed E-state index contributed by atoms with van der Waals surface area (Å²) in [5.74, 6) is 8.86. The van der Waals surface area contributed by atoms with Crippen LogP contribution in [0.1, 0.15) is 101 Å². The summed E-state index contributed by atoms with van der Waals surface area (Å²) in [6.07, 6.45) is 8.40. The highest BCUT2D eigenvalue weighted by Gasteiger charge is 2.53. The number of rotatable bonds is 8. The second-order valence-electron chi connectivity index (χ2n) is 17.5. The molecule has 0 radical (unpaired) electrons. The van der Waals surface area contributed by atoms with Gasteiger partial charge in [0.15, 0.2) is 11.5 Å². The summed E-state index contributed by atoms with van der Waals surface area (Å²) in [4.78, 5) is 17.4. The molecule has 10 heteroatoms. The summed E-state index contributed by atoms with van der Waals surface area (Å²) in [6, 6.07) is 22.0. The molecule has 0 unspecified atom stereocenters. The van der Waals surface area contributed by atoms with Gasteiger partial charge < -0.3 is 40.2 Å². The molecule has 1 spiro atoms. The van der Waals surface area contributed by atoms with Gasteiger partial charge in [-0.2, -0.15) is 0 Å². The molecule has 316 valence electrons. The number of nitrogen functional groups attached to an aromatic ring is 1. The van der Waals surface area contributed by atoms with Gasteiger partial charge in [-0.3, -0.25) is 4.79 Å². The Morgan fingerprint density at radius 2 is 1.87 bits per heavy atom. The number of hydrogen-bond donors (Lipinski definition) is 4. The van der Waals surface area contributed by atoms with Crippen LogP contribution in [-0.4, -0.2) is 48.5 Å². The van der Waals surface area contributed by atoms with Crippen LogP contribution in [0.4, 0.5) is 11.5 Å². The van der Waals surface area contributed by atoms with Gasteiger partial charge in [-0.05, 0) is 126 Å². The van der Waals surface area contributed by atoms with Crippen molar-refractivity contribution in [2.24, 2.45) is 11.8 Å². The number of methoxy groups -OCH3 is 2. The molecule has 3 aliphatic carbocycles. The minimum absolute atomic E-state index is 0.0102. The van der Waals surface area contributed by atoms with E-state index in [-0.39, 0.29) is 54.2 Å². The van der Waals surface area contributed by atoms with Crippen LogP contribution in [0.3, 0.4) is 0 Å². The molecule has 2 aliphatic heterocycles. The van der Waals surface area contributed by atoms with Crippen LogP contribution in [0.2, 0.25) is 0 Å². The number of para-hydroxylation sites is 1. The monoisotopic (exact) mass is 829 g/mol. The number of phenolic OH excluding ortho intramolecular Hbond substituents is 2. The van der Waals surface area contributed by atoms with Gasteiger partial charge in [0.05, 0.1) is 20.1 Å². The van der Waals surface area contributed by atoms with Gasteiger partial charge >= 0.3 is 5.97 Å². The summed E-state index contributed by atoms with van der Waals surface area (Å²) in [7, 11) is 3.17. The van der Waals surface area contributed by atoms with Crippen molar-refractivity contribution in [3.63, 3.8) is 0 Å². The number of carbonyl (C=O) groups is 1. The number of nitrogens with one attached hydrogen (secondary N) is 1. The number of nitrogens with zero attached hydrogens (tertiary/aromatic N) is 1. The second kappa shape index (κ2) is 15.4. The fourth-order valence-corrected chi connectivity index (χ4v) is 11.6. The highest BCUT2D eigenvalue weighted by molar-refractivity contribution is 5.84. The number of allylic oxidation sites excluding steroid dienone is 1. The van der Waals surface area contributed by atoms with Gasteiger partial charge in [0.2, 0.25) is 0 Å². The fraction of sp³-hybridized carbons (Fsp3) is 0.346. The summed E-state index contributed by atoms with van der Waals surface area (Å²) >= 11 is 0. The predicted molar refractivity (Wildman–Crippen MR) is 239 cm³/mol. The third-order valence-electron chi connectivity index (χ3n) is 14.0. The van der Waals surface area contributed by atoms with Crippen LogP contribution in [-0.2, 0) is 34.2 Å². The van der Waals surface area contributed by atoms with E-state index >= 15 is 0 Å². The molecular formula is C52H51N3O7. The van der Waals surface area contributed by atoms with E-state index < -0.39 is 11.5 Å². The summed E-state index contributed by atoms with van der Waals surface area (Å²) in [5, 5.41) is 25.9. The average molecular weight is 830 g/mol. The Morgan fingerprint density at radius 1 is 1.03 bits per heavy atom. The zero-order valence-corrected chi connectivity index (χ0v) is 35.5.